The standard InChI is InChI=1S/C34H45ClN6O3/c1-22-18-25(19-41(22)33(42)44-34(2,3)4)39(6)31-26-15-17-40(29-14-8-11-23-10-7-13-27(35)30(23)29)20-28(26)36-32(37-31)43-21-24-12-9-16-38(24)5/h7-8,10-11,13-14,22,24-25H,9,12,15-21H2,1-6H3/t22-,24?,25-/m0/s1. The number of anilines is 2. The number of fused-ring (bicyclic) bond motifs is 2. The molecule has 2 fully saturated rings. The van der Waals surface area contributed by atoms with Gasteiger partial charge in [0.1, 0.15) is 18.0 Å². The average molecular weight is 621 g/mol. The Kier molecular flexibility index (Phi) is 8.54. The monoisotopic (exact) mass is 620 g/mol. The van der Waals surface area contributed by atoms with Crippen LogP contribution < -0.4 is 14.5 Å². The van der Waals surface area contributed by atoms with E-state index >= 15 is 0 Å². The number of hydrogen-bond acceptors (Lipinski definition) is 8. The van der Waals surface area contributed by atoms with Crippen LogP contribution in [0.25, 0.3) is 10.8 Å². The number of likely N-dealkylation sites (tertiary alicyclic amines) is 2. The van der Waals surface area contributed by atoms with E-state index in [1.165, 1.54) is 6.42 Å². The lowest BCUT2D eigenvalue weighted by Crippen LogP contribution is -2.41. The zero-order valence-corrected chi connectivity index (χ0v) is 27.6. The van der Waals surface area contributed by atoms with Crippen molar-refractivity contribution in [1.29, 1.82) is 0 Å². The van der Waals surface area contributed by atoms with Crippen LogP contribution >= 0.6 is 11.6 Å². The number of benzene rings is 2. The molecule has 10 heteroatoms. The van der Waals surface area contributed by atoms with Crippen LogP contribution in [0.5, 0.6) is 6.01 Å². The van der Waals surface area contributed by atoms with Gasteiger partial charge in [-0.25, -0.2) is 4.79 Å². The van der Waals surface area contributed by atoms with Crippen molar-refractivity contribution in [3.63, 3.8) is 0 Å². The molecule has 44 heavy (non-hydrogen) atoms. The largest absolute Gasteiger partial charge is 0.462 e. The van der Waals surface area contributed by atoms with Gasteiger partial charge in [-0.15, -0.1) is 0 Å². The molecule has 0 N–H and O–H groups in total. The SMILES string of the molecule is C[C@H]1C[C@H](N(C)c2nc(OCC3CCCN3C)nc3c2CCN(c2cccc4cccc(Cl)c24)C3)CN1C(=O)OC(C)(C)C. The van der Waals surface area contributed by atoms with E-state index in [2.05, 4.69) is 60.0 Å². The third-order valence-corrected chi connectivity index (χ3v) is 9.65. The fourth-order valence-electron chi connectivity index (χ4n) is 6.88. The van der Waals surface area contributed by atoms with Gasteiger partial charge in [-0.2, -0.15) is 9.97 Å². The Labute approximate surface area is 266 Å². The highest BCUT2D eigenvalue weighted by molar-refractivity contribution is 6.36. The summed E-state index contributed by atoms with van der Waals surface area (Å²) >= 11 is 6.72. The normalized spacial score (nSPS) is 22.4. The van der Waals surface area contributed by atoms with Crippen LogP contribution in [0.4, 0.5) is 16.3 Å². The maximum Gasteiger partial charge on any atom is 0.410 e. The number of amides is 1. The molecule has 0 aliphatic carbocycles. The molecule has 6 rings (SSSR count). The van der Waals surface area contributed by atoms with Crippen molar-refractivity contribution in [3.8, 4) is 6.01 Å². The zero-order chi connectivity index (χ0) is 31.2. The van der Waals surface area contributed by atoms with Gasteiger partial charge in [0, 0.05) is 54.9 Å². The lowest BCUT2D eigenvalue weighted by Gasteiger charge is -2.35. The second-order valence-corrected chi connectivity index (χ2v) is 14.0. The van der Waals surface area contributed by atoms with E-state index < -0.39 is 5.60 Å². The minimum absolute atomic E-state index is 0.0650. The quantitative estimate of drug-likeness (QED) is 0.325. The predicted molar refractivity (Wildman–Crippen MR) is 176 cm³/mol. The van der Waals surface area contributed by atoms with Gasteiger partial charge >= 0.3 is 12.1 Å². The zero-order valence-electron chi connectivity index (χ0n) is 26.8. The molecule has 3 aliphatic heterocycles. The first-order valence-corrected chi connectivity index (χ1v) is 16.2. The van der Waals surface area contributed by atoms with Gasteiger partial charge in [-0.1, -0.05) is 35.9 Å². The first-order chi connectivity index (χ1) is 21.0. The molecule has 2 saturated heterocycles. The smallest absolute Gasteiger partial charge is 0.410 e. The van der Waals surface area contributed by atoms with Crippen molar-refractivity contribution < 1.29 is 14.3 Å². The lowest BCUT2D eigenvalue weighted by molar-refractivity contribution is 0.0237. The molecule has 0 saturated carbocycles. The van der Waals surface area contributed by atoms with Gasteiger partial charge in [0.15, 0.2) is 0 Å². The van der Waals surface area contributed by atoms with Crippen LogP contribution in [0.3, 0.4) is 0 Å². The minimum atomic E-state index is -0.535. The molecule has 0 radical (unpaired) electrons. The maximum absolute atomic E-state index is 13.0. The van der Waals surface area contributed by atoms with Crippen LogP contribution in [0.15, 0.2) is 36.4 Å². The topological polar surface area (TPSA) is 74.3 Å². The molecule has 2 aromatic carbocycles. The first kappa shape index (κ1) is 30.7. The van der Waals surface area contributed by atoms with Crippen molar-refractivity contribution in [1.82, 2.24) is 19.8 Å². The Bertz CT molecular complexity index is 1520. The van der Waals surface area contributed by atoms with E-state index in [9.17, 15) is 4.79 Å². The van der Waals surface area contributed by atoms with Gasteiger partial charge in [0.05, 0.1) is 17.3 Å². The Morgan fingerprint density at radius 1 is 1.14 bits per heavy atom. The average Bonchev–Trinajstić information content (AvgIpc) is 3.58. The molecule has 4 heterocycles. The number of nitrogens with zero attached hydrogens (tertiary/aromatic N) is 6. The third kappa shape index (κ3) is 6.26. The second-order valence-electron chi connectivity index (χ2n) is 13.6. The van der Waals surface area contributed by atoms with E-state index in [0.717, 1.165) is 70.9 Å². The number of likely N-dealkylation sites (N-methyl/N-ethyl adjacent to an activating group) is 2. The van der Waals surface area contributed by atoms with Gasteiger partial charge in [0.25, 0.3) is 0 Å². The molecule has 3 aromatic rings. The Morgan fingerprint density at radius 2 is 1.91 bits per heavy atom. The molecule has 236 valence electrons. The van der Waals surface area contributed by atoms with Crippen molar-refractivity contribution in [2.45, 2.75) is 83.6 Å². The molecular formula is C34H45ClN6O3. The van der Waals surface area contributed by atoms with Gasteiger partial charge in [0.2, 0.25) is 0 Å². The number of aromatic nitrogens is 2. The second kappa shape index (κ2) is 12.2. The van der Waals surface area contributed by atoms with E-state index in [1.54, 1.807) is 0 Å². The van der Waals surface area contributed by atoms with E-state index in [1.807, 2.05) is 37.8 Å². The Morgan fingerprint density at radius 3 is 2.64 bits per heavy atom. The van der Waals surface area contributed by atoms with E-state index in [4.69, 9.17) is 31.0 Å². The summed E-state index contributed by atoms with van der Waals surface area (Å²) in [6, 6.07) is 13.3. The Hall–Kier alpha value is -3.30. The van der Waals surface area contributed by atoms with E-state index in [0.29, 0.717) is 31.7 Å². The highest BCUT2D eigenvalue weighted by Gasteiger charge is 2.38. The maximum atomic E-state index is 13.0. The van der Waals surface area contributed by atoms with Crippen molar-refractivity contribution in [3.05, 3.63) is 52.7 Å². The summed E-state index contributed by atoms with van der Waals surface area (Å²) in [5.41, 5.74) is 2.69. The first-order valence-electron chi connectivity index (χ1n) is 15.9. The number of hydrogen-bond donors (Lipinski definition) is 0. The molecule has 1 unspecified atom stereocenters. The molecular weight excluding hydrogens is 576 g/mol. The van der Waals surface area contributed by atoms with Crippen LogP contribution in [0.2, 0.25) is 5.02 Å². The number of ether oxygens (including phenoxy) is 2. The summed E-state index contributed by atoms with van der Waals surface area (Å²) < 4.78 is 12.1. The number of rotatable bonds is 6. The summed E-state index contributed by atoms with van der Waals surface area (Å²) in [6.07, 6.45) is 3.65. The van der Waals surface area contributed by atoms with Crippen molar-refractivity contribution in [2.75, 3.05) is 50.1 Å². The van der Waals surface area contributed by atoms with Crippen molar-refractivity contribution >= 4 is 40.0 Å². The number of carbonyl (C=O) groups is 1. The summed E-state index contributed by atoms with van der Waals surface area (Å²) in [5.74, 6) is 0.892. The fourth-order valence-corrected chi connectivity index (χ4v) is 7.16. The van der Waals surface area contributed by atoms with Crippen LogP contribution in [0.1, 0.15) is 58.2 Å². The molecule has 1 aromatic heterocycles. The van der Waals surface area contributed by atoms with Crippen LogP contribution in [-0.4, -0.2) is 89.9 Å². The summed E-state index contributed by atoms with van der Waals surface area (Å²) in [4.78, 5) is 31.8. The predicted octanol–water partition coefficient (Wildman–Crippen LogP) is 6.15. The molecule has 0 spiro atoms. The third-order valence-electron chi connectivity index (χ3n) is 9.33. The molecule has 3 aliphatic rings. The number of carbonyl (C=O) groups excluding carboxylic acids is 1. The fraction of sp³-hybridized carbons (Fsp3) is 0.559. The highest BCUT2D eigenvalue weighted by Crippen LogP contribution is 2.38. The lowest BCUT2D eigenvalue weighted by atomic mass is 10.0. The molecule has 1 amide bonds. The molecule has 0 bridgehead atoms. The van der Waals surface area contributed by atoms with Gasteiger partial charge < -0.3 is 29.1 Å². The van der Waals surface area contributed by atoms with Gasteiger partial charge in [-0.3, -0.25) is 0 Å². The minimum Gasteiger partial charge on any atom is -0.462 e. The summed E-state index contributed by atoms with van der Waals surface area (Å²) in [5, 5.41) is 2.94. The Balaban J connectivity index is 1.30. The van der Waals surface area contributed by atoms with Gasteiger partial charge in [-0.05, 0) is 84.5 Å². The molecule has 9 nitrogen and oxygen atoms in total. The van der Waals surface area contributed by atoms with Crippen molar-refractivity contribution in [2.24, 2.45) is 0 Å². The van der Waals surface area contributed by atoms with E-state index in [-0.39, 0.29) is 18.2 Å². The summed E-state index contributed by atoms with van der Waals surface area (Å²) in [7, 11) is 4.24. The number of halogens is 1. The highest BCUT2D eigenvalue weighted by atomic mass is 35.5. The van der Waals surface area contributed by atoms with Crippen LogP contribution in [-0.2, 0) is 17.7 Å². The van der Waals surface area contributed by atoms with Crippen LogP contribution in [0, 0.1) is 0 Å². The molecule has 3 atom stereocenters. The summed E-state index contributed by atoms with van der Waals surface area (Å²) in [6.45, 7) is 11.5.